The minimum atomic E-state index is 0.0328. The first kappa shape index (κ1) is 12.8. The number of nitrogens with two attached hydrogens (primary N) is 1. The van der Waals surface area contributed by atoms with Crippen molar-refractivity contribution in [2.75, 3.05) is 19.6 Å². The van der Waals surface area contributed by atoms with Crippen molar-refractivity contribution in [1.82, 2.24) is 10.2 Å². The number of carbonyl (C=O) groups is 1. The maximum absolute atomic E-state index is 11.7. The molecule has 0 spiro atoms. The predicted molar refractivity (Wildman–Crippen MR) is 64.6 cm³/mol. The summed E-state index contributed by atoms with van der Waals surface area (Å²) in [6, 6.07) is 0.0328. The molecule has 16 heavy (non-hydrogen) atoms. The van der Waals surface area contributed by atoms with Gasteiger partial charge in [-0.25, -0.2) is 4.79 Å². The molecule has 0 bridgehead atoms. The lowest BCUT2D eigenvalue weighted by atomic mass is 10.2. The highest BCUT2D eigenvalue weighted by molar-refractivity contribution is 5.77. The van der Waals surface area contributed by atoms with E-state index in [1.807, 2.05) is 4.90 Å². The van der Waals surface area contributed by atoms with Crippen molar-refractivity contribution >= 4 is 11.9 Å². The molecule has 0 saturated carbocycles. The van der Waals surface area contributed by atoms with E-state index in [2.05, 4.69) is 5.32 Å². The minimum Gasteiger partial charge on any atom is -0.388 e. The number of amidine groups is 1. The monoisotopic (exact) mass is 226 g/mol. The third-order valence-electron chi connectivity index (χ3n) is 2.79. The minimum absolute atomic E-state index is 0.0328. The van der Waals surface area contributed by atoms with Gasteiger partial charge >= 0.3 is 6.03 Å². The van der Waals surface area contributed by atoms with E-state index in [0.717, 1.165) is 32.4 Å². The first-order valence-electron chi connectivity index (χ1n) is 6.06. The highest BCUT2D eigenvalue weighted by Gasteiger charge is 2.14. The van der Waals surface area contributed by atoms with Crippen LogP contribution in [0.3, 0.4) is 0 Å². The molecule has 0 aromatic heterocycles. The van der Waals surface area contributed by atoms with E-state index in [4.69, 9.17) is 11.1 Å². The zero-order valence-corrected chi connectivity index (χ0v) is 9.80. The number of nitrogens with one attached hydrogen (secondary N) is 2. The normalized spacial score (nSPS) is 16.6. The van der Waals surface area contributed by atoms with Crippen molar-refractivity contribution in [2.45, 2.75) is 38.5 Å². The van der Waals surface area contributed by atoms with Crippen molar-refractivity contribution in [3.63, 3.8) is 0 Å². The second-order valence-electron chi connectivity index (χ2n) is 4.26. The van der Waals surface area contributed by atoms with Crippen LogP contribution in [0.5, 0.6) is 0 Å². The van der Waals surface area contributed by atoms with E-state index in [0.29, 0.717) is 13.0 Å². The predicted octanol–water partition coefficient (Wildman–Crippen LogP) is 1.29. The molecule has 4 N–H and O–H groups in total. The van der Waals surface area contributed by atoms with Gasteiger partial charge in [0.1, 0.15) is 0 Å². The molecule has 5 heteroatoms. The number of rotatable bonds is 4. The molecule has 0 aromatic carbocycles. The van der Waals surface area contributed by atoms with E-state index >= 15 is 0 Å². The third-order valence-corrected chi connectivity index (χ3v) is 2.79. The Balaban J connectivity index is 2.15. The highest BCUT2D eigenvalue weighted by atomic mass is 16.2. The molecule has 1 rings (SSSR count). The summed E-state index contributed by atoms with van der Waals surface area (Å²) in [6.07, 6.45) is 5.99. The van der Waals surface area contributed by atoms with Crippen LogP contribution in [-0.4, -0.2) is 36.4 Å². The summed E-state index contributed by atoms with van der Waals surface area (Å²) in [5.74, 6) is 0.184. The molecule has 0 unspecified atom stereocenters. The Kier molecular flexibility index (Phi) is 5.67. The number of likely N-dealkylation sites (tertiary alicyclic amines) is 1. The molecule has 0 radical (unpaired) electrons. The molecule has 1 fully saturated rings. The van der Waals surface area contributed by atoms with Gasteiger partial charge in [-0.1, -0.05) is 12.8 Å². The van der Waals surface area contributed by atoms with Crippen LogP contribution in [0.25, 0.3) is 0 Å². The summed E-state index contributed by atoms with van der Waals surface area (Å²) in [7, 11) is 0. The maximum atomic E-state index is 11.7. The summed E-state index contributed by atoms with van der Waals surface area (Å²) < 4.78 is 0. The van der Waals surface area contributed by atoms with Gasteiger partial charge in [0.15, 0.2) is 0 Å². The van der Waals surface area contributed by atoms with Gasteiger partial charge in [-0.15, -0.1) is 0 Å². The topological polar surface area (TPSA) is 82.2 Å². The molecule has 1 heterocycles. The van der Waals surface area contributed by atoms with Crippen LogP contribution < -0.4 is 11.1 Å². The summed E-state index contributed by atoms with van der Waals surface area (Å²) in [6.45, 7) is 2.35. The number of nitrogens with zero attached hydrogens (tertiary/aromatic N) is 1. The summed E-state index contributed by atoms with van der Waals surface area (Å²) >= 11 is 0. The first-order chi connectivity index (χ1) is 7.70. The summed E-state index contributed by atoms with van der Waals surface area (Å²) in [5, 5.41) is 9.93. The second-order valence-corrected chi connectivity index (χ2v) is 4.26. The molecule has 92 valence electrons. The average Bonchev–Trinajstić information content (AvgIpc) is 2.52. The number of urea groups is 1. The van der Waals surface area contributed by atoms with Gasteiger partial charge in [0.05, 0.1) is 5.84 Å². The fraction of sp³-hybridized carbons (Fsp3) is 0.818. The fourth-order valence-corrected chi connectivity index (χ4v) is 1.86. The van der Waals surface area contributed by atoms with Gasteiger partial charge in [0.2, 0.25) is 0 Å². The van der Waals surface area contributed by atoms with Crippen LogP contribution in [0.15, 0.2) is 0 Å². The molecular weight excluding hydrogens is 204 g/mol. The van der Waals surface area contributed by atoms with Crippen LogP contribution >= 0.6 is 0 Å². The van der Waals surface area contributed by atoms with Gasteiger partial charge in [-0.2, -0.15) is 0 Å². The molecule has 2 amide bonds. The van der Waals surface area contributed by atoms with Crippen molar-refractivity contribution in [3.05, 3.63) is 0 Å². The number of hydrogen-bond acceptors (Lipinski definition) is 2. The summed E-state index contributed by atoms with van der Waals surface area (Å²) in [4.78, 5) is 13.6. The Hall–Kier alpha value is -1.26. The SMILES string of the molecule is N=C(N)CCCNC(=O)N1CCCCCC1. The van der Waals surface area contributed by atoms with E-state index in [1.54, 1.807) is 0 Å². The van der Waals surface area contributed by atoms with Crippen LogP contribution in [0, 0.1) is 5.41 Å². The Morgan fingerprint density at radius 1 is 1.25 bits per heavy atom. The lowest BCUT2D eigenvalue weighted by molar-refractivity contribution is 0.200. The van der Waals surface area contributed by atoms with E-state index < -0.39 is 0 Å². The zero-order chi connectivity index (χ0) is 11.8. The molecule has 1 aliphatic heterocycles. The Labute approximate surface area is 96.9 Å². The molecular formula is C11H22N4O. The fourth-order valence-electron chi connectivity index (χ4n) is 1.86. The summed E-state index contributed by atoms with van der Waals surface area (Å²) in [5.41, 5.74) is 5.23. The third kappa shape index (κ3) is 5.00. The largest absolute Gasteiger partial charge is 0.388 e. The molecule has 0 aromatic rings. The van der Waals surface area contributed by atoms with Crippen molar-refractivity contribution in [1.29, 1.82) is 5.41 Å². The number of carbonyl (C=O) groups excluding carboxylic acids is 1. The highest BCUT2D eigenvalue weighted by Crippen LogP contribution is 2.09. The van der Waals surface area contributed by atoms with Crippen LogP contribution in [-0.2, 0) is 0 Å². The van der Waals surface area contributed by atoms with Gasteiger partial charge < -0.3 is 16.0 Å². The van der Waals surface area contributed by atoms with E-state index in [9.17, 15) is 4.79 Å². The van der Waals surface area contributed by atoms with Gasteiger partial charge in [0.25, 0.3) is 0 Å². The molecule has 1 saturated heterocycles. The van der Waals surface area contributed by atoms with E-state index in [-0.39, 0.29) is 11.9 Å². The average molecular weight is 226 g/mol. The first-order valence-corrected chi connectivity index (χ1v) is 6.06. The lowest BCUT2D eigenvalue weighted by Gasteiger charge is -2.20. The number of amides is 2. The van der Waals surface area contributed by atoms with Crippen LogP contribution in [0.4, 0.5) is 4.79 Å². The van der Waals surface area contributed by atoms with Gasteiger partial charge in [-0.05, 0) is 19.3 Å². The Bertz CT molecular complexity index is 234. The van der Waals surface area contributed by atoms with Gasteiger partial charge in [0, 0.05) is 26.1 Å². The van der Waals surface area contributed by atoms with E-state index in [1.165, 1.54) is 12.8 Å². The Morgan fingerprint density at radius 2 is 1.88 bits per heavy atom. The van der Waals surface area contributed by atoms with Crippen molar-refractivity contribution in [2.24, 2.45) is 5.73 Å². The van der Waals surface area contributed by atoms with Gasteiger partial charge in [-0.3, -0.25) is 5.41 Å². The lowest BCUT2D eigenvalue weighted by Crippen LogP contribution is -2.40. The standard InChI is InChI=1S/C11H22N4O/c12-10(13)6-5-7-14-11(16)15-8-3-1-2-4-9-15/h1-9H2,(H3,12,13)(H,14,16). The maximum Gasteiger partial charge on any atom is 0.317 e. The van der Waals surface area contributed by atoms with Crippen LogP contribution in [0.2, 0.25) is 0 Å². The zero-order valence-electron chi connectivity index (χ0n) is 9.80. The van der Waals surface area contributed by atoms with Crippen LogP contribution in [0.1, 0.15) is 38.5 Å². The second kappa shape index (κ2) is 7.09. The smallest absolute Gasteiger partial charge is 0.317 e. The molecule has 1 aliphatic rings. The molecule has 5 nitrogen and oxygen atoms in total. The quantitative estimate of drug-likeness (QED) is 0.383. The number of hydrogen-bond donors (Lipinski definition) is 3. The Morgan fingerprint density at radius 3 is 2.44 bits per heavy atom. The van der Waals surface area contributed by atoms with Crippen molar-refractivity contribution in [3.8, 4) is 0 Å². The molecule has 0 atom stereocenters. The molecule has 0 aliphatic carbocycles. The van der Waals surface area contributed by atoms with Crippen molar-refractivity contribution < 1.29 is 4.79 Å².